The molecule has 9 heavy (non-hydrogen) atoms. The summed E-state index contributed by atoms with van der Waals surface area (Å²) in [6.07, 6.45) is 1.77. The van der Waals surface area contributed by atoms with Crippen molar-refractivity contribution in [3.63, 3.8) is 0 Å². The molecule has 0 spiro atoms. The molecule has 0 radical (unpaired) electrons. The third kappa shape index (κ3) is 1.29. The lowest BCUT2D eigenvalue weighted by molar-refractivity contribution is 1.12. The first-order chi connectivity index (χ1) is 4.34. The van der Waals surface area contributed by atoms with E-state index in [4.69, 9.17) is 0 Å². The topological polar surface area (TPSA) is 24.9 Å². The van der Waals surface area contributed by atoms with Crippen LogP contribution in [-0.2, 0) is 0 Å². The minimum atomic E-state index is 0.880. The van der Waals surface area contributed by atoms with E-state index in [0.29, 0.717) is 0 Å². The first-order valence-corrected chi connectivity index (χ1v) is 3.49. The van der Waals surface area contributed by atoms with Crippen molar-refractivity contribution in [1.29, 1.82) is 0 Å². The van der Waals surface area contributed by atoms with Crippen LogP contribution >= 0.6 is 11.3 Å². The Morgan fingerprint density at radius 2 is 2.67 bits per heavy atom. The van der Waals surface area contributed by atoms with E-state index < -0.39 is 0 Å². The molecule has 0 aliphatic rings. The molecule has 1 aromatic rings. The van der Waals surface area contributed by atoms with Gasteiger partial charge in [0.05, 0.1) is 5.70 Å². The molecule has 0 fully saturated rings. The van der Waals surface area contributed by atoms with Gasteiger partial charge in [0.15, 0.2) is 0 Å². The Balaban J connectivity index is 2.77. The molecule has 48 valence electrons. The monoisotopic (exact) mass is 140 g/mol. The number of nitrogens with zero attached hydrogens (tertiary/aromatic N) is 1. The van der Waals surface area contributed by atoms with Crippen LogP contribution in [-0.4, -0.2) is 12.0 Å². The Morgan fingerprint density at radius 1 is 1.89 bits per heavy atom. The van der Waals surface area contributed by atoms with Gasteiger partial charge in [-0.15, -0.1) is 11.3 Å². The summed E-state index contributed by atoms with van der Waals surface area (Å²) in [4.78, 5) is 4.04. The van der Waals surface area contributed by atoms with Gasteiger partial charge in [-0.05, 0) is 0 Å². The molecule has 0 aromatic carbocycles. The molecule has 0 atom stereocenters. The zero-order valence-corrected chi connectivity index (χ0v) is 6.03. The molecule has 0 unspecified atom stereocenters. The Hall–Kier alpha value is -0.830. The van der Waals surface area contributed by atoms with Crippen molar-refractivity contribution in [3.8, 4) is 0 Å². The minimum absolute atomic E-state index is 0.880. The van der Waals surface area contributed by atoms with E-state index in [2.05, 4.69) is 16.9 Å². The lowest BCUT2D eigenvalue weighted by Gasteiger charge is -1.96. The number of nitrogens with one attached hydrogen (secondary N) is 1. The summed E-state index contributed by atoms with van der Waals surface area (Å²) >= 11 is 1.58. The standard InChI is InChI=1S/C6H8N2S/c1-5(7-2)6-8-3-4-9-6/h3-4,7H,1H2,2H3. The second-order valence-electron chi connectivity index (χ2n) is 1.57. The minimum Gasteiger partial charge on any atom is -0.386 e. The van der Waals surface area contributed by atoms with E-state index in [-0.39, 0.29) is 0 Å². The van der Waals surface area contributed by atoms with Crippen LogP contribution in [0.4, 0.5) is 0 Å². The fourth-order valence-electron chi connectivity index (χ4n) is 0.479. The smallest absolute Gasteiger partial charge is 0.138 e. The van der Waals surface area contributed by atoms with E-state index in [1.807, 2.05) is 12.4 Å². The van der Waals surface area contributed by atoms with Gasteiger partial charge in [0.2, 0.25) is 0 Å². The van der Waals surface area contributed by atoms with Gasteiger partial charge in [-0.2, -0.15) is 0 Å². The summed E-state index contributed by atoms with van der Waals surface area (Å²) in [6, 6.07) is 0. The van der Waals surface area contributed by atoms with Gasteiger partial charge in [-0.3, -0.25) is 0 Å². The molecule has 0 saturated carbocycles. The highest BCUT2D eigenvalue weighted by molar-refractivity contribution is 7.10. The van der Waals surface area contributed by atoms with Crippen molar-refractivity contribution >= 4 is 17.0 Å². The number of rotatable bonds is 2. The van der Waals surface area contributed by atoms with Crippen molar-refractivity contribution in [2.75, 3.05) is 7.05 Å². The SMILES string of the molecule is C=C(NC)c1nccs1. The zero-order valence-electron chi connectivity index (χ0n) is 5.22. The molecule has 0 saturated heterocycles. The van der Waals surface area contributed by atoms with Crippen LogP contribution in [0.5, 0.6) is 0 Å². The third-order valence-electron chi connectivity index (χ3n) is 0.992. The molecule has 1 rings (SSSR count). The van der Waals surface area contributed by atoms with E-state index in [1.54, 1.807) is 17.5 Å². The number of thiazole rings is 1. The van der Waals surface area contributed by atoms with Crippen LogP contribution < -0.4 is 5.32 Å². The van der Waals surface area contributed by atoms with Gasteiger partial charge in [-0.1, -0.05) is 6.58 Å². The first kappa shape index (κ1) is 6.29. The highest BCUT2D eigenvalue weighted by Gasteiger charge is 1.95. The Kier molecular flexibility index (Phi) is 1.85. The summed E-state index contributed by atoms with van der Waals surface area (Å²) in [5, 5.41) is 5.81. The number of aromatic nitrogens is 1. The van der Waals surface area contributed by atoms with Crippen molar-refractivity contribution in [1.82, 2.24) is 10.3 Å². The fourth-order valence-corrected chi connectivity index (χ4v) is 1.10. The van der Waals surface area contributed by atoms with E-state index in [0.717, 1.165) is 10.7 Å². The Morgan fingerprint density at radius 3 is 3.11 bits per heavy atom. The molecule has 1 aromatic heterocycles. The highest BCUT2D eigenvalue weighted by atomic mass is 32.1. The molecular formula is C6H8N2S. The predicted octanol–water partition coefficient (Wildman–Crippen LogP) is 1.33. The summed E-state index contributed by atoms with van der Waals surface area (Å²) in [6.45, 7) is 3.75. The molecule has 3 heteroatoms. The maximum Gasteiger partial charge on any atom is 0.138 e. The maximum atomic E-state index is 4.04. The van der Waals surface area contributed by atoms with Crippen LogP contribution in [0.15, 0.2) is 18.2 Å². The summed E-state index contributed by atoms with van der Waals surface area (Å²) < 4.78 is 0. The van der Waals surface area contributed by atoms with Gasteiger partial charge < -0.3 is 5.32 Å². The number of hydrogen-bond donors (Lipinski definition) is 1. The number of hydrogen-bond acceptors (Lipinski definition) is 3. The molecule has 0 bridgehead atoms. The maximum absolute atomic E-state index is 4.04. The summed E-state index contributed by atoms with van der Waals surface area (Å²) in [5.41, 5.74) is 0.880. The van der Waals surface area contributed by atoms with E-state index in [9.17, 15) is 0 Å². The van der Waals surface area contributed by atoms with Gasteiger partial charge in [0.1, 0.15) is 5.01 Å². The van der Waals surface area contributed by atoms with Crippen molar-refractivity contribution in [3.05, 3.63) is 23.2 Å². The van der Waals surface area contributed by atoms with Gasteiger partial charge in [0.25, 0.3) is 0 Å². The van der Waals surface area contributed by atoms with Crippen LogP contribution in [0.25, 0.3) is 5.70 Å². The van der Waals surface area contributed by atoms with Gasteiger partial charge in [-0.25, -0.2) is 4.98 Å². The summed E-state index contributed by atoms with van der Waals surface area (Å²) in [5.74, 6) is 0. The second kappa shape index (κ2) is 2.64. The van der Waals surface area contributed by atoms with Crippen LogP contribution in [0, 0.1) is 0 Å². The first-order valence-electron chi connectivity index (χ1n) is 2.61. The van der Waals surface area contributed by atoms with Crippen molar-refractivity contribution in [2.24, 2.45) is 0 Å². The molecule has 2 nitrogen and oxygen atoms in total. The lowest BCUT2D eigenvalue weighted by Crippen LogP contribution is -2.01. The predicted molar refractivity (Wildman–Crippen MR) is 40.2 cm³/mol. The van der Waals surface area contributed by atoms with Crippen molar-refractivity contribution in [2.45, 2.75) is 0 Å². The van der Waals surface area contributed by atoms with Crippen LogP contribution in [0.3, 0.4) is 0 Å². The molecule has 0 aliphatic heterocycles. The van der Waals surface area contributed by atoms with E-state index in [1.165, 1.54) is 0 Å². The Bertz CT molecular complexity index is 191. The second-order valence-corrected chi connectivity index (χ2v) is 2.46. The highest BCUT2D eigenvalue weighted by Crippen LogP contribution is 2.10. The third-order valence-corrected chi connectivity index (χ3v) is 1.83. The molecule has 1 heterocycles. The van der Waals surface area contributed by atoms with Crippen LogP contribution in [0.1, 0.15) is 5.01 Å². The van der Waals surface area contributed by atoms with Gasteiger partial charge >= 0.3 is 0 Å². The normalized spacial score (nSPS) is 9.00. The average molecular weight is 140 g/mol. The largest absolute Gasteiger partial charge is 0.386 e. The lowest BCUT2D eigenvalue weighted by atomic mass is 10.5. The average Bonchev–Trinajstić information content (AvgIpc) is 2.37. The summed E-state index contributed by atoms with van der Waals surface area (Å²) in [7, 11) is 1.84. The van der Waals surface area contributed by atoms with Gasteiger partial charge in [0, 0.05) is 18.6 Å². The van der Waals surface area contributed by atoms with E-state index >= 15 is 0 Å². The molecule has 0 amide bonds. The molecule has 1 N–H and O–H groups in total. The fraction of sp³-hybridized carbons (Fsp3) is 0.167. The Labute approximate surface area is 58.2 Å². The van der Waals surface area contributed by atoms with Crippen LogP contribution in [0.2, 0.25) is 0 Å². The zero-order chi connectivity index (χ0) is 6.69. The van der Waals surface area contributed by atoms with Crippen molar-refractivity contribution < 1.29 is 0 Å². The molecular weight excluding hydrogens is 132 g/mol. The molecule has 0 aliphatic carbocycles. The quantitative estimate of drug-likeness (QED) is 0.670.